The number of nitrogens with zero attached hydrogens (tertiary/aromatic N) is 8. The molecule has 2 aromatic carbocycles. The highest BCUT2D eigenvalue weighted by Gasteiger charge is 2.17. The minimum Gasteiger partial charge on any atom is -0.187 e. The zero-order chi connectivity index (χ0) is 17.2. The second-order valence-corrected chi connectivity index (χ2v) is 6.41. The summed E-state index contributed by atoms with van der Waals surface area (Å²) in [6.45, 7) is 4.09. The van der Waals surface area contributed by atoms with Crippen LogP contribution >= 0.6 is 11.8 Å². The fourth-order valence-corrected chi connectivity index (χ4v) is 3.26. The number of aromatic nitrogens is 8. The molecule has 2 aromatic heterocycles. The molecule has 0 saturated heterocycles. The second-order valence-electron chi connectivity index (χ2n) is 5.47. The minimum absolute atomic E-state index is 0.590. The van der Waals surface area contributed by atoms with Gasteiger partial charge in [0.1, 0.15) is 0 Å². The van der Waals surface area contributed by atoms with Gasteiger partial charge >= 0.3 is 0 Å². The van der Waals surface area contributed by atoms with Crippen LogP contribution in [0.15, 0.2) is 58.8 Å². The Balaban J connectivity index is 1.70. The van der Waals surface area contributed by atoms with E-state index in [0.717, 1.165) is 16.9 Å². The second kappa shape index (κ2) is 6.44. The maximum Gasteiger partial charge on any atom is 0.221 e. The predicted octanol–water partition coefficient (Wildman–Crippen LogP) is 2.41. The fourth-order valence-electron chi connectivity index (χ4n) is 2.49. The first kappa shape index (κ1) is 15.5. The Hall–Kier alpha value is -3.07. The predicted molar refractivity (Wildman–Crippen MR) is 91.9 cm³/mol. The van der Waals surface area contributed by atoms with Crippen molar-refractivity contribution in [2.45, 2.75) is 24.2 Å². The van der Waals surface area contributed by atoms with Crippen molar-refractivity contribution < 1.29 is 0 Å². The van der Waals surface area contributed by atoms with Gasteiger partial charge in [-0.15, -0.1) is 10.2 Å². The van der Waals surface area contributed by atoms with E-state index in [9.17, 15) is 0 Å². The van der Waals surface area contributed by atoms with Gasteiger partial charge in [0.2, 0.25) is 10.3 Å². The molecule has 0 saturated carbocycles. The largest absolute Gasteiger partial charge is 0.221 e. The van der Waals surface area contributed by atoms with Gasteiger partial charge < -0.3 is 0 Å². The summed E-state index contributed by atoms with van der Waals surface area (Å²) in [4.78, 5) is 0. The lowest BCUT2D eigenvalue weighted by atomic mass is 10.1. The summed E-state index contributed by atoms with van der Waals surface area (Å²) in [6, 6.07) is 15.8. The van der Waals surface area contributed by atoms with Gasteiger partial charge in [-0.2, -0.15) is 9.36 Å². The van der Waals surface area contributed by atoms with Gasteiger partial charge in [0.15, 0.2) is 0 Å². The summed E-state index contributed by atoms with van der Waals surface area (Å²) < 4.78 is 3.36. The van der Waals surface area contributed by atoms with Crippen LogP contribution in [0.1, 0.15) is 11.1 Å². The van der Waals surface area contributed by atoms with E-state index < -0.39 is 0 Å². The number of para-hydroxylation sites is 1. The van der Waals surface area contributed by atoms with Gasteiger partial charge in [-0.3, -0.25) is 0 Å². The highest BCUT2D eigenvalue weighted by Crippen LogP contribution is 2.27. The van der Waals surface area contributed by atoms with Crippen LogP contribution in [-0.2, 0) is 0 Å². The number of tetrazole rings is 2. The van der Waals surface area contributed by atoms with E-state index >= 15 is 0 Å². The quantitative estimate of drug-likeness (QED) is 0.558. The Morgan fingerprint density at radius 1 is 0.800 bits per heavy atom. The molecule has 124 valence electrons. The number of hydrogen-bond donors (Lipinski definition) is 0. The first-order valence-electron chi connectivity index (χ1n) is 7.60. The van der Waals surface area contributed by atoms with E-state index in [1.807, 2.05) is 49.4 Å². The molecule has 0 amide bonds. The standard InChI is InChI=1S/C16H14N8S/c1-11-8-9-14(12(2)10-11)24-16(18-20-22-24)25-15-17-19-21-23(15)13-6-4-3-5-7-13/h3-10H,1-2H3. The van der Waals surface area contributed by atoms with E-state index in [2.05, 4.69) is 44.0 Å². The average molecular weight is 350 g/mol. The van der Waals surface area contributed by atoms with Gasteiger partial charge in [-0.05, 0) is 70.2 Å². The summed E-state index contributed by atoms with van der Waals surface area (Å²) in [5, 5.41) is 25.2. The third-order valence-corrected chi connectivity index (χ3v) is 4.52. The third-order valence-electron chi connectivity index (χ3n) is 3.65. The van der Waals surface area contributed by atoms with E-state index in [0.29, 0.717) is 10.3 Å². The molecule has 0 fully saturated rings. The summed E-state index contributed by atoms with van der Waals surface area (Å²) in [5.41, 5.74) is 4.09. The number of hydrogen-bond acceptors (Lipinski definition) is 7. The van der Waals surface area contributed by atoms with Crippen LogP contribution in [0.2, 0.25) is 0 Å². The van der Waals surface area contributed by atoms with Gasteiger partial charge in [-0.1, -0.05) is 35.9 Å². The lowest BCUT2D eigenvalue weighted by molar-refractivity contribution is 0.740. The van der Waals surface area contributed by atoms with Gasteiger partial charge in [0.25, 0.3) is 0 Å². The van der Waals surface area contributed by atoms with Crippen molar-refractivity contribution in [3.05, 3.63) is 59.7 Å². The smallest absolute Gasteiger partial charge is 0.187 e. The van der Waals surface area contributed by atoms with E-state index in [4.69, 9.17) is 0 Å². The molecule has 0 aliphatic carbocycles. The van der Waals surface area contributed by atoms with Crippen LogP contribution in [0.5, 0.6) is 0 Å². The molecule has 0 unspecified atom stereocenters. The molecule has 0 aliphatic heterocycles. The molecule has 25 heavy (non-hydrogen) atoms. The lowest BCUT2D eigenvalue weighted by Gasteiger charge is -2.08. The average Bonchev–Trinajstić information content (AvgIpc) is 3.26. The Bertz CT molecular complexity index is 1010. The van der Waals surface area contributed by atoms with E-state index in [-0.39, 0.29) is 0 Å². The molecule has 9 heteroatoms. The van der Waals surface area contributed by atoms with Crippen molar-refractivity contribution in [1.29, 1.82) is 0 Å². The van der Waals surface area contributed by atoms with Crippen molar-refractivity contribution in [2.75, 3.05) is 0 Å². The molecule has 0 bridgehead atoms. The normalized spacial score (nSPS) is 11.0. The van der Waals surface area contributed by atoms with E-state index in [1.165, 1.54) is 17.3 Å². The molecule has 0 N–H and O–H groups in total. The monoisotopic (exact) mass is 350 g/mol. The molecule has 4 rings (SSSR count). The molecule has 2 heterocycles. The van der Waals surface area contributed by atoms with Crippen LogP contribution in [0.3, 0.4) is 0 Å². The number of benzene rings is 2. The Labute approximate surface area is 147 Å². The van der Waals surface area contributed by atoms with Crippen LogP contribution in [0.4, 0.5) is 0 Å². The summed E-state index contributed by atoms with van der Waals surface area (Å²) in [7, 11) is 0. The van der Waals surface area contributed by atoms with Crippen molar-refractivity contribution in [3.63, 3.8) is 0 Å². The lowest BCUT2D eigenvalue weighted by Crippen LogP contribution is -2.03. The van der Waals surface area contributed by atoms with Gasteiger partial charge in [-0.25, -0.2) is 0 Å². The summed E-state index contributed by atoms with van der Waals surface area (Å²) in [6.07, 6.45) is 0. The molecular formula is C16H14N8S. The zero-order valence-corrected chi connectivity index (χ0v) is 14.4. The Kier molecular flexibility index (Phi) is 3.98. The first-order valence-corrected chi connectivity index (χ1v) is 8.42. The van der Waals surface area contributed by atoms with Crippen LogP contribution < -0.4 is 0 Å². The first-order chi connectivity index (χ1) is 12.2. The molecule has 0 atom stereocenters. The molecule has 0 radical (unpaired) electrons. The third kappa shape index (κ3) is 3.01. The maximum atomic E-state index is 4.12. The van der Waals surface area contributed by atoms with Crippen LogP contribution in [0, 0.1) is 13.8 Å². The molecule has 4 aromatic rings. The van der Waals surface area contributed by atoms with Crippen LogP contribution in [-0.4, -0.2) is 40.4 Å². The van der Waals surface area contributed by atoms with Crippen molar-refractivity contribution in [1.82, 2.24) is 40.4 Å². The maximum absolute atomic E-state index is 4.12. The van der Waals surface area contributed by atoms with Gasteiger partial charge in [0, 0.05) is 0 Å². The van der Waals surface area contributed by atoms with E-state index in [1.54, 1.807) is 9.36 Å². The highest BCUT2D eigenvalue weighted by atomic mass is 32.2. The SMILES string of the molecule is Cc1ccc(-n2nnnc2Sc2nnnn2-c2ccccc2)c(C)c1. The molecule has 0 aliphatic rings. The topological polar surface area (TPSA) is 87.2 Å². The van der Waals surface area contributed by atoms with Gasteiger partial charge in [0.05, 0.1) is 11.4 Å². The van der Waals surface area contributed by atoms with Crippen molar-refractivity contribution in [3.8, 4) is 11.4 Å². The van der Waals surface area contributed by atoms with Crippen molar-refractivity contribution >= 4 is 11.8 Å². The highest BCUT2D eigenvalue weighted by molar-refractivity contribution is 7.99. The molecule has 0 spiro atoms. The van der Waals surface area contributed by atoms with Crippen LogP contribution in [0.25, 0.3) is 11.4 Å². The Morgan fingerprint density at radius 2 is 1.48 bits per heavy atom. The summed E-state index contributed by atoms with van der Waals surface area (Å²) >= 11 is 1.31. The Morgan fingerprint density at radius 3 is 2.20 bits per heavy atom. The zero-order valence-electron chi connectivity index (χ0n) is 13.6. The summed E-state index contributed by atoms with van der Waals surface area (Å²) in [5.74, 6) is 0. The fraction of sp³-hybridized carbons (Fsp3) is 0.125. The van der Waals surface area contributed by atoms with Crippen molar-refractivity contribution in [2.24, 2.45) is 0 Å². The minimum atomic E-state index is 0.590. The number of rotatable bonds is 4. The number of aryl methyl sites for hydroxylation is 2. The molecular weight excluding hydrogens is 336 g/mol. The molecule has 8 nitrogen and oxygen atoms in total.